The molecule has 26 heavy (non-hydrogen) atoms. The van der Waals surface area contributed by atoms with Gasteiger partial charge in [0.15, 0.2) is 0 Å². The van der Waals surface area contributed by atoms with Crippen LogP contribution in [0.5, 0.6) is 0 Å². The molecule has 0 radical (unpaired) electrons. The third-order valence-corrected chi connectivity index (χ3v) is 3.75. The van der Waals surface area contributed by atoms with Crippen molar-refractivity contribution in [1.29, 1.82) is 0 Å². The molecule has 1 aromatic heterocycles. The smallest absolute Gasteiger partial charge is 0.104 e. The zero-order valence-electron chi connectivity index (χ0n) is 14.4. The van der Waals surface area contributed by atoms with Crippen LogP contribution < -0.4 is 5.06 Å². The van der Waals surface area contributed by atoms with Crippen molar-refractivity contribution in [1.82, 2.24) is 4.98 Å². The zero-order valence-corrected chi connectivity index (χ0v) is 14.4. The van der Waals surface area contributed by atoms with E-state index in [-0.39, 0.29) is 6.61 Å². The van der Waals surface area contributed by atoms with Gasteiger partial charge in [-0.25, -0.2) is 5.06 Å². The molecule has 0 amide bonds. The van der Waals surface area contributed by atoms with E-state index in [1.54, 1.807) is 12.4 Å². The van der Waals surface area contributed by atoms with E-state index in [1.807, 2.05) is 71.8 Å². The van der Waals surface area contributed by atoms with Gasteiger partial charge in [-0.05, 0) is 47.5 Å². The quantitative estimate of drug-likeness (QED) is 0.549. The van der Waals surface area contributed by atoms with Gasteiger partial charge in [-0.3, -0.25) is 9.82 Å². The fraction of sp³-hybridized carbons (Fsp3) is 0.136. The van der Waals surface area contributed by atoms with Crippen molar-refractivity contribution in [2.45, 2.75) is 13.2 Å². The highest BCUT2D eigenvalue weighted by atomic mass is 16.7. The van der Waals surface area contributed by atoms with Crippen LogP contribution in [0.3, 0.4) is 0 Å². The predicted octanol–water partition coefficient (Wildman–Crippen LogP) is 3.56. The van der Waals surface area contributed by atoms with Crippen LogP contribution in [0, 0.1) is 11.8 Å². The Bertz CT molecular complexity index is 871. The van der Waals surface area contributed by atoms with Gasteiger partial charge in [-0.1, -0.05) is 42.2 Å². The Morgan fingerprint density at radius 1 is 0.923 bits per heavy atom. The number of anilines is 1. The third-order valence-electron chi connectivity index (χ3n) is 3.75. The average Bonchev–Trinajstić information content (AvgIpc) is 2.71. The van der Waals surface area contributed by atoms with Crippen LogP contribution in [0.4, 0.5) is 5.69 Å². The molecular weight excluding hydrogens is 324 g/mol. The molecule has 0 unspecified atom stereocenters. The van der Waals surface area contributed by atoms with E-state index in [4.69, 9.17) is 9.94 Å². The molecule has 0 aliphatic carbocycles. The lowest BCUT2D eigenvalue weighted by molar-refractivity contribution is 0.0908. The van der Waals surface area contributed by atoms with Crippen molar-refractivity contribution in [3.63, 3.8) is 0 Å². The Morgan fingerprint density at radius 2 is 1.73 bits per heavy atom. The van der Waals surface area contributed by atoms with Crippen LogP contribution in [0.15, 0.2) is 79.1 Å². The largest absolute Gasteiger partial charge is 0.384 e. The maximum Gasteiger partial charge on any atom is 0.104 e. The number of para-hydroxylation sites is 1. The maximum absolute atomic E-state index is 8.83. The van der Waals surface area contributed by atoms with Gasteiger partial charge in [0, 0.05) is 18.0 Å². The highest BCUT2D eigenvalue weighted by Gasteiger charge is 2.09. The Morgan fingerprint density at radius 3 is 2.50 bits per heavy atom. The zero-order chi connectivity index (χ0) is 18.0. The van der Waals surface area contributed by atoms with E-state index in [2.05, 4.69) is 16.8 Å². The molecule has 1 heterocycles. The first kappa shape index (κ1) is 17.7. The molecule has 0 aliphatic heterocycles. The molecule has 130 valence electrons. The molecule has 0 fully saturated rings. The van der Waals surface area contributed by atoms with E-state index in [0.29, 0.717) is 13.2 Å². The molecule has 0 spiro atoms. The first-order valence-corrected chi connectivity index (χ1v) is 8.38. The molecule has 3 aromatic rings. The summed E-state index contributed by atoms with van der Waals surface area (Å²) in [5, 5.41) is 10.7. The van der Waals surface area contributed by atoms with Gasteiger partial charge < -0.3 is 5.11 Å². The number of aliphatic hydroxyl groups excluding tert-OH is 1. The summed E-state index contributed by atoms with van der Waals surface area (Å²) >= 11 is 0. The molecule has 0 saturated heterocycles. The summed E-state index contributed by atoms with van der Waals surface area (Å²) < 4.78 is 0. The second-order valence-corrected chi connectivity index (χ2v) is 5.66. The summed E-state index contributed by atoms with van der Waals surface area (Å²) in [6.07, 6.45) is 3.56. The lowest BCUT2D eigenvalue weighted by atomic mass is 10.1. The van der Waals surface area contributed by atoms with E-state index in [9.17, 15) is 0 Å². The summed E-state index contributed by atoms with van der Waals surface area (Å²) in [6.45, 7) is 0.902. The Hall–Kier alpha value is -3.13. The molecule has 4 nitrogen and oxygen atoms in total. The van der Waals surface area contributed by atoms with Crippen molar-refractivity contribution in [3.8, 4) is 11.8 Å². The van der Waals surface area contributed by atoms with Gasteiger partial charge in [-0.15, -0.1) is 0 Å². The molecule has 4 heteroatoms. The first-order chi connectivity index (χ1) is 12.8. The van der Waals surface area contributed by atoms with Crippen molar-refractivity contribution in [2.75, 3.05) is 11.7 Å². The Labute approximate surface area is 153 Å². The summed E-state index contributed by atoms with van der Waals surface area (Å²) in [5.41, 5.74) is 3.98. The maximum atomic E-state index is 8.83. The molecule has 0 saturated carbocycles. The average molecular weight is 344 g/mol. The Balaban J connectivity index is 1.74. The van der Waals surface area contributed by atoms with Crippen LogP contribution >= 0.6 is 0 Å². The number of pyridine rings is 1. The number of nitrogens with zero attached hydrogens (tertiary/aromatic N) is 2. The highest BCUT2D eigenvalue weighted by molar-refractivity contribution is 5.44. The van der Waals surface area contributed by atoms with Crippen molar-refractivity contribution in [2.24, 2.45) is 0 Å². The monoisotopic (exact) mass is 344 g/mol. The topological polar surface area (TPSA) is 45.6 Å². The number of hydroxylamine groups is 1. The molecule has 0 bridgehead atoms. The number of hydrogen-bond acceptors (Lipinski definition) is 4. The van der Waals surface area contributed by atoms with Crippen molar-refractivity contribution < 1.29 is 9.94 Å². The number of benzene rings is 2. The fourth-order valence-electron chi connectivity index (χ4n) is 2.49. The SMILES string of the molecule is OCC#Cc1cccc(CON(Cc2ccncc2)c2ccccc2)c1. The van der Waals surface area contributed by atoms with Crippen LogP contribution in [-0.4, -0.2) is 16.7 Å². The van der Waals surface area contributed by atoms with E-state index >= 15 is 0 Å². The number of hydrogen-bond donors (Lipinski definition) is 1. The first-order valence-electron chi connectivity index (χ1n) is 8.38. The fourth-order valence-corrected chi connectivity index (χ4v) is 2.49. The summed E-state index contributed by atoms with van der Waals surface area (Å²) in [5.74, 6) is 5.58. The summed E-state index contributed by atoms with van der Waals surface area (Å²) in [7, 11) is 0. The number of rotatable bonds is 6. The highest BCUT2D eigenvalue weighted by Crippen LogP contribution is 2.18. The predicted molar refractivity (Wildman–Crippen MR) is 102 cm³/mol. The van der Waals surface area contributed by atoms with Gasteiger partial charge >= 0.3 is 0 Å². The van der Waals surface area contributed by atoms with E-state index in [0.717, 1.165) is 22.4 Å². The van der Waals surface area contributed by atoms with Crippen LogP contribution in [0.2, 0.25) is 0 Å². The standard InChI is InChI=1S/C22H20N2O2/c25-15-5-8-19-6-4-7-21(16-19)18-26-24(22-9-2-1-3-10-22)17-20-11-13-23-14-12-20/h1-4,6-7,9-14,16,25H,15,17-18H2. The third kappa shape index (κ3) is 5.18. The van der Waals surface area contributed by atoms with Gasteiger partial charge in [0.2, 0.25) is 0 Å². The van der Waals surface area contributed by atoms with Gasteiger partial charge in [0.05, 0.1) is 18.8 Å². The normalized spacial score (nSPS) is 10.0. The molecular formula is C22H20N2O2. The minimum Gasteiger partial charge on any atom is -0.384 e. The molecule has 1 N–H and O–H groups in total. The number of aromatic nitrogens is 1. The molecule has 0 atom stereocenters. The van der Waals surface area contributed by atoms with E-state index in [1.165, 1.54) is 0 Å². The summed E-state index contributed by atoms with van der Waals surface area (Å²) in [4.78, 5) is 10.2. The second-order valence-electron chi connectivity index (χ2n) is 5.66. The Kier molecular flexibility index (Phi) is 6.38. The van der Waals surface area contributed by atoms with Gasteiger partial charge in [-0.2, -0.15) is 0 Å². The molecule has 2 aromatic carbocycles. The van der Waals surface area contributed by atoms with Crippen molar-refractivity contribution in [3.05, 3.63) is 95.8 Å². The van der Waals surface area contributed by atoms with E-state index < -0.39 is 0 Å². The molecule has 0 aliphatic rings. The number of aliphatic hydroxyl groups is 1. The minimum atomic E-state index is -0.144. The lowest BCUT2D eigenvalue weighted by Crippen LogP contribution is -2.23. The second kappa shape index (κ2) is 9.38. The van der Waals surface area contributed by atoms with Gasteiger partial charge in [0.1, 0.15) is 6.61 Å². The van der Waals surface area contributed by atoms with Crippen LogP contribution in [-0.2, 0) is 18.0 Å². The molecule has 3 rings (SSSR count). The van der Waals surface area contributed by atoms with Crippen molar-refractivity contribution >= 4 is 5.69 Å². The minimum absolute atomic E-state index is 0.144. The lowest BCUT2D eigenvalue weighted by Gasteiger charge is -2.24. The van der Waals surface area contributed by atoms with Crippen LogP contribution in [0.25, 0.3) is 0 Å². The van der Waals surface area contributed by atoms with Crippen LogP contribution in [0.1, 0.15) is 16.7 Å². The summed E-state index contributed by atoms with van der Waals surface area (Å²) in [6, 6.07) is 21.8. The van der Waals surface area contributed by atoms with Gasteiger partial charge in [0.25, 0.3) is 0 Å².